The Morgan fingerprint density at radius 2 is 2.19 bits per heavy atom. The second-order valence-corrected chi connectivity index (χ2v) is 5.83. The van der Waals surface area contributed by atoms with Gasteiger partial charge in [-0.05, 0) is 12.8 Å². The van der Waals surface area contributed by atoms with E-state index in [1.807, 2.05) is 24.9 Å². The van der Waals surface area contributed by atoms with Crippen LogP contribution in [-0.2, 0) is 17.9 Å². The summed E-state index contributed by atoms with van der Waals surface area (Å²) in [6.07, 6.45) is 3.80. The van der Waals surface area contributed by atoms with Crippen LogP contribution in [0, 0.1) is 5.92 Å². The van der Waals surface area contributed by atoms with Crippen LogP contribution in [0.4, 0.5) is 0 Å². The van der Waals surface area contributed by atoms with Gasteiger partial charge in [0.05, 0.1) is 18.8 Å². The monoisotopic (exact) mass is 295 g/mol. The van der Waals surface area contributed by atoms with E-state index >= 15 is 0 Å². The molecule has 0 radical (unpaired) electrons. The molecule has 2 heterocycles. The van der Waals surface area contributed by atoms with Gasteiger partial charge in [-0.25, -0.2) is 4.68 Å². The van der Waals surface area contributed by atoms with Gasteiger partial charge >= 0.3 is 0 Å². The van der Waals surface area contributed by atoms with Gasteiger partial charge in [-0.3, -0.25) is 4.79 Å². The highest BCUT2D eigenvalue weighted by Gasteiger charge is 2.23. The van der Waals surface area contributed by atoms with Crippen molar-refractivity contribution in [2.45, 2.75) is 45.8 Å². The Bertz CT molecular complexity index is 452. The van der Waals surface area contributed by atoms with E-state index in [1.54, 1.807) is 4.68 Å². The number of carbonyl (C=O) groups is 1. The molecule has 1 amide bonds. The third-order valence-electron chi connectivity index (χ3n) is 3.79. The van der Waals surface area contributed by atoms with E-state index in [0.29, 0.717) is 19.1 Å². The Morgan fingerprint density at radius 1 is 1.48 bits per heavy atom. The van der Waals surface area contributed by atoms with Crippen LogP contribution in [0.25, 0.3) is 0 Å². The smallest absolute Gasteiger partial charge is 0.225 e. The van der Waals surface area contributed by atoms with E-state index in [4.69, 9.17) is 5.11 Å². The van der Waals surface area contributed by atoms with Crippen molar-refractivity contribution in [2.75, 3.05) is 19.7 Å². The van der Waals surface area contributed by atoms with Crippen LogP contribution in [0.15, 0.2) is 6.20 Å². The third kappa shape index (κ3) is 4.50. The molecule has 0 spiro atoms. The Kier molecular flexibility index (Phi) is 5.69. The number of piperidine rings is 1. The standard InChI is InChI=1S/C14H25N5O2/c1-11(2)14(21)18-5-3-12(4-6-18)15-9-13-10-19(7-8-20)17-16-13/h10-12,15,20H,3-9H2,1-2H3. The number of rotatable bonds is 6. The van der Waals surface area contributed by atoms with Crippen molar-refractivity contribution in [3.05, 3.63) is 11.9 Å². The van der Waals surface area contributed by atoms with E-state index in [1.165, 1.54) is 0 Å². The summed E-state index contributed by atoms with van der Waals surface area (Å²) in [6, 6.07) is 0.421. The molecule has 0 unspecified atom stereocenters. The lowest BCUT2D eigenvalue weighted by molar-refractivity contribution is -0.135. The van der Waals surface area contributed by atoms with E-state index < -0.39 is 0 Å². The van der Waals surface area contributed by atoms with Gasteiger partial charge in [0.15, 0.2) is 0 Å². The number of aliphatic hydroxyl groups excluding tert-OH is 1. The van der Waals surface area contributed by atoms with Gasteiger partial charge < -0.3 is 15.3 Å². The van der Waals surface area contributed by atoms with Gasteiger partial charge in [0.2, 0.25) is 5.91 Å². The SMILES string of the molecule is CC(C)C(=O)N1CCC(NCc2cn(CCO)nn2)CC1. The minimum Gasteiger partial charge on any atom is -0.394 e. The topological polar surface area (TPSA) is 83.3 Å². The molecule has 2 rings (SSSR count). The summed E-state index contributed by atoms with van der Waals surface area (Å²) in [5, 5.41) is 20.3. The molecular formula is C14H25N5O2. The number of nitrogens with one attached hydrogen (secondary N) is 1. The second kappa shape index (κ2) is 7.51. The first-order valence-electron chi connectivity index (χ1n) is 7.62. The van der Waals surface area contributed by atoms with Crippen LogP contribution in [0.3, 0.4) is 0 Å². The molecule has 1 aromatic rings. The first-order chi connectivity index (χ1) is 10.1. The molecule has 0 saturated carbocycles. The second-order valence-electron chi connectivity index (χ2n) is 5.83. The van der Waals surface area contributed by atoms with Crippen LogP contribution in [0.5, 0.6) is 0 Å². The fourth-order valence-electron chi connectivity index (χ4n) is 2.55. The lowest BCUT2D eigenvalue weighted by atomic mass is 10.0. The lowest BCUT2D eigenvalue weighted by Gasteiger charge is -2.33. The maximum Gasteiger partial charge on any atom is 0.225 e. The molecule has 7 nitrogen and oxygen atoms in total. The largest absolute Gasteiger partial charge is 0.394 e. The summed E-state index contributed by atoms with van der Waals surface area (Å²) in [5.41, 5.74) is 0.879. The molecule has 1 fully saturated rings. The molecule has 0 atom stereocenters. The van der Waals surface area contributed by atoms with Crippen LogP contribution >= 0.6 is 0 Å². The summed E-state index contributed by atoms with van der Waals surface area (Å²) >= 11 is 0. The Morgan fingerprint density at radius 3 is 2.81 bits per heavy atom. The molecule has 21 heavy (non-hydrogen) atoms. The van der Waals surface area contributed by atoms with Gasteiger partial charge in [-0.2, -0.15) is 0 Å². The van der Waals surface area contributed by atoms with Crippen molar-refractivity contribution >= 4 is 5.91 Å². The predicted octanol–water partition coefficient (Wildman–Crippen LogP) is 0.00700. The van der Waals surface area contributed by atoms with Gasteiger partial charge in [-0.15, -0.1) is 5.10 Å². The highest BCUT2D eigenvalue weighted by molar-refractivity contribution is 5.78. The minimum absolute atomic E-state index is 0.0680. The number of nitrogens with zero attached hydrogens (tertiary/aromatic N) is 4. The van der Waals surface area contributed by atoms with Gasteiger partial charge in [0.25, 0.3) is 0 Å². The number of hydrogen-bond acceptors (Lipinski definition) is 5. The van der Waals surface area contributed by atoms with E-state index in [0.717, 1.165) is 31.6 Å². The number of hydrogen-bond donors (Lipinski definition) is 2. The summed E-state index contributed by atoms with van der Waals surface area (Å²) in [7, 11) is 0. The van der Waals surface area contributed by atoms with Crippen molar-refractivity contribution in [3.63, 3.8) is 0 Å². The highest BCUT2D eigenvalue weighted by atomic mass is 16.3. The normalized spacial score (nSPS) is 16.7. The molecule has 1 aliphatic heterocycles. The van der Waals surface area contributed by atoms with Gasteiger partial charge in [0, 0.05) is 37.8 Å². The van der Waals surface area contributed by atoms with Crippen LogP contribution in [-0.4, -0.2) is 56.6 Å². The Balaban J connectivity index is 1.72. The number of amides is 1. The zero-order chi connectivity index (χ0) is 15.2. The summed E-state index contributed by atoms with van der Waals surface area (Å²) in [4.78, 5) is 13.9. The van der Waals surface area contributed by atoms with Crippen molar-refractivity contribution in [1.29, 1.82) is 0 Å². The zero-order valence-electron chi connectivity index (χ0n) is 12.8. The molecular weight excluding hydrogens is 270 g/mol. The molecule has 1 saturated heterocycles. The quantitative estimate of drug-likeness (QED) is 0.772. The lowest BCUT2D eigenvalue weighted by Crippen LogP contribution is -2.46. The van der Waals surface area contributed by atoms with Gasteiger partial charge in [-0.1, -0.05) is 19.1 Å². The van der Waals surface area contributed by atoms with Crippen LogP contribution in [0.1, 0.15) is 32.4 Å². The van der Waals surface area contributed by atoms with Gasteiger partial charge in [0.1, 0.15) is 0 Å². The molecule has 0 aliphatic carbocycles. The number of aliphatic hydroxyl groups is 1. The molecule has 118 valence electrons. The minimum atomic E-state index is 0.0680. The maximum atomic E-state index is 11.9. The molecule has 1 aromatic heterocycles. The maximum absolute atomic E-state index is 11.9. The predicted molar refractivity (Wildman–Crippen MR) is 78.4 cm³/mol. The molecule has 7 heteroatoms. The van der Waals surface area contributed by atoms with Crippen molar-refractivity contribution < 1.29 is 9.90 Å². The molecule has 0 aromatic carbocycles. The molecule has 0 bridgehead atoms. The molecule has 2 N–H and O–H groups in total. The van der Waals surface area contributed by atoms with Crippen molar-refractivity contribution in [2.24, 2.45) is 5.92 Å². The van der Waals surface area contributed by atoms with Crippen molar-refractivity contribution in [3.8, 4) is 0 Å². The fraction of sp³-hybridized carbons (Fsp3) is 0.786. The van der Waals surface area contributed by atoms with E-state index in [2.05, 4.69) is 15.6 Å². The summed E-state index contributed by atoms with van der Waals surface area (Å²) in [5.74, 6) is 0.330. The Labute approximate surface area is 125 Å². The third-order valence-corrected chi connectivity index (χ3v) is 3.79. The average molecular weight is 295 g/mol. The average Bonchev–Trinajstić information content (AvgIpc) is 2.93. The fourth-order valence-corrected chi connectivity index (χ4v) is 2.55. The zero-order valence-corrected chi connectivity index (χ0v) is 12.8. The number of aromatic nitrogens is 3. The van der Waals surface area contributed by atoms with Crippen LogP contribution in [0.2, 0.25) is 0 Å². The number of carbonyl (C=O) groups excluding carboxylic acids is 1. The molecule has 1 aliphatic rings. The van der Waals surface area contributed by atoms with Crippen molar-refractivity contribution in [1.82, 2.24) is 25.2 Å². The highest BCUT2D eigenvalue weighted by Crippen LogP contribution is 2.13. The van der Waals surface area contributed by atoms with E-state index in [-0.39, 0.29) is 18.4 Å². The summed E-state index contributed by atoms with van der Waals surface area (Å²) < 4.78 is 1.64. The van der Waals surface area contributed by atoms with Crippen LogP contribution < -0.4 is 5.32 Å². The Hall–Kier alpha value is -1.47. The number of likely N-dealkylation sites (tertiary alicyclic amines) is 1. The first-order valence-corrected chi connectivity index (χ1v) is 7.62. The van der Waals surface area contributed by atoms with E-state index in [9.17, 15) is 4.79 Å². The summed E-state index contributed by atoms with van der Waals surface area (Å²) in [6.45, 7) is 6.76. The first kappa shape index (κ1) is 15.9.